The van der Waals surface area contributed by atoms with Crippen molar-refractivity contribution in [3.63, 3.8) is 0 Å². The molecule has 1 aliphatic heterocycles. The fraction of sp³-hybridized carbons (Fsp3) is 0.500. The van der Waals surface area contributed by atoms with Gasteiger partial charge in [-0.25, -0.2) is 9.67 Å². The van der Waals surface area contributed by atoms with E-state index in [0.29, 0.717) is 19.1 Å². The van der Waals surface area contributed by atoms with Crippen molar-refractivity contribution in [2.24, 2.45) is 0 Å². The Hall–Kier alpha value is -1.72. The third kappa shape index (κ3) is 2.99. The molecule has 1 saturated heterocycles. The van der Waals surface area contributed by atoms with Gasteiger partial charge in [0.2, 0.25) is 0 Å². The topological polar surface area (TPSA) is 49.2 Å². The smallest absolute Gasteiger partial charge is 0.158 e. The van der Waals surface area contributed by atoms with Gasteiger partial charge in [0.1, 0.15) is 6.61 Å². The first-order chi connectivity index (χ1) is 10.2. The van der Waals surface area contributed by atoms with Gasteiger partial charge in [-0.1, -0.05) is 6.07 Å². The van der Waals surface area contributed by atoms with E-state index < -0.39 is 0 Å². The molecule has 1 aromatic carbocycles. The maximum Gasteiger partial charge on any atom is 0.158 e. The summed E-state index contributed by atoms with van der Waals surface area (Å²) in [5, 5.41) is 4.71. The van der Waals surface area contributed by atoms with Crippen molar-refractivity contribution in [1.29, 1.82) is 0 Å². The second kappa shape index (κ2) is 5.95. The van der Waals surface area contributed by atoms with E-state index >= 15 is 0 Å². The molecule has 2 aromatic rings. The molecule has 1 atom stereocenters. The van der Waals surface area contributed by atoms with Crippen LogP contribution in [0.4, 0.5) is 0 Å². The van der Waals surface area contributed by atoms with Crippen molar-refractivity contribution in [3.05, 3.63) is 41.0 Å². The standard InChI is InChI=1S/C16H21N3O2/c1-11-6-12(2)8-14(7-11)19-15(10-20-3)17-16(18-19)13-4-5-21-9-13/h6-8,13H,4-5,9-10H2,1-3H3/t13-/m0/s1. The van der Waals surface area contributed by atoms with Crippen LogP contribution in [0.1, 0.15) is 35.1 Å². The number of benzene rings is 1. The Kier molecular flexibility index (Phi) is 4.03. The number of nitrogens with zero attached hydrogens (tertiary/aromatic N) is 3. The highest BCUT2D eigenvalue weighted by molar-refractivity contribution is 5.39. The maximum atomic E-state index is 5.44. The van der Waals surface area contributed by atoms with Crippen LogP contribution in [0, 0.1) is 13.8 Å². The van der Waals surface area contributed by atoms with Gasteiger partial charge < -0.3 is 9.47 Å². The Balaban J connectivity index is 2.02. The van der Waals surface area contributed by atoms with E-state index in [1.807, 2.05) is 4.68 Å². The molecular weight excluding hydrogens is 266 g/mol. The van der Waals surface area contributed by atoms with Gasteiger partial charge in [-0.15, -0.1) is 0 Å². The van der Waals surface area contributed by atoms with Crippen LogP contribution < -0.4 is 0 Å². The zero-order valence-corrected chi connectivity index (χ0v) is 12.8. The zero-order valence-electron chi connectivity index (χ0n) is 12.8. The van der Waals surface area contributed by atoms with E-state index in [0.717, 1.165) is 30.4 Å². The molecule has 0 amide bonds. The molecule has 0 spiro atoms. The summed E-state index contributed by atoms with van der Waals surface area (Å²) in [6, 6.07) is 6.40. The van der Waals surface area contributed by atoms with Gasteiger partial charge in [0.05, 0.1) is 12.3 Å². The minimum absolute atomic E-state index is 0.299. The van der Waals surface area contributed by atoms with Crippen LogP contribution in [0.3, 0.4) is 0 Å². The van der Waals surface area contributed by atoms with E-state index in [9.17, 15) is 0 Å². The quantitative estimate of drug-likeness (QED) is 0.867. The van der Waals surface area contributed by atoms with Gasteiger partial charge in [-0.05, 0) is 43.5 Å². The minimum atomic E-state index is 0.299. The number of aryl methyl sites for hydroxylation is 2. The number of aromatic nitrogens is 3. The molecule has 2 heterocycles. The average molecular weight is 287 g/mol. The molecule has 5 heteroatoms. The van der Waals surface area contributed by atoms with Gasteiger partial charge in [0, 0.05) is 19.6 Å². The molecular formula is C16H21N3O2. The highest BCUT2D eigenvalue weighted by Crippen LogP contribution is 2.24. The van der Waals surface area contributed by atoms with Crippen molar-refractivity contribution >= 4 is 0 Å². The van der Waals surface area contributed by atoms with Crippen molar-refractivity contribution in [1.82, 2.24) is 14.8 Å². The first-order valence-corrected chi connectivity index (χ1v) is 7.28. The summed E-state index contributed by atoms with van der Waals surface area (Å²) in [5.41, 5.74) is 3.47. The maximum absolute atomic E-state index is 5.44. The summed E-state index contributed by atoms with van der Waals surface area (Å²) in [6.45, 7) is 6.14. The molecule has 1 aromatic heterocycles. The normalized spacial score (nSPS) is 18.3. The summed E-state index contributed by atoms with van der Waals surface area (Å²) in [7, 11) is 1.68. The lowest BCUT2D eigenvalue weighted by atomic mass is 10.1. The van der Waals surface area contributed by atoms with Crippen LogP contribution in [0.25, 0.3) is 5.69 Å². The fourth-order valence-electron chi connectivity index (χ4n) is 2.78. The van der Waals surface area contributed by atoms with Gasteiger partial charge in [-0.2, -0.15) is 5.10 Å². The first-order valence-electron chi connectivity index (χ1n) is 7.28. The van der Waals surface area contributed by atoms with Crippen molar-refractivity contribution < 1.29 is 9.47 Å². The monoisotopic (exact) mass is 287 g/mol. The van der Waals surface area contributed by atoms with Gasteiger partial charge >= 0.3 is 0 Å². The first kappa shape index (κ1) is 14.2. The molecule has 5 nitrogen and oxygen atoms in total. The van der Waals surface area contributed by atoms with E-state index in [2.05, 4.69) is 37.0 Å². The molecule has 0 bridgehead atoms. The number of hydrogen-bond acceptors (Lipinski definition) is 4. The lowest BCUT2D eigenvalue weighted by Crippen LogP contribution is -2.05. The molecule has 21 heavy (non-hydrogen) atoms. The molecule has 1 fully saturated rings. The number of rotatable bonds is 4. The van der Waals surface area contributed by atoms with Gasteiger partial charge in [0.25, 0.3) is 0 Å². The van der Waals surface area contributed by atoms with Crippen LogP contribution in [0.2, 0.25) is 0 Å². The van der Waals surface area contributed by atoms with E-state index in [1.54, 1.807) is 7.11 Å². The number of ether oxygens (including phenoxy) is 2. The molecule has 0 radical (unpaired) electrons. The summed E-state index contributed by atoms with van der Waals surface area (Å²) in [5.74, 6) is 2.00. The van der Waals surface area contributed by atoms with E-state index in [4.69, 9.17) is 14.6 Å². The highest BCUT2D eigenvalue weighted by Gasteiger charge is 2.24. The van der Waals surface area contributed by atoms with Crippen LogP contribution >= 0.6 is 0 Å². The summed E-state index contributed by atoms with van der Waals surface area (Å²) in [6.07, 6.45) is 0.989. The lowest BCUT2D eigenvalue weighted by molar-refractivity contribution is 0.175. The average Bonchev–Trinajstić information content (AvgIpc) is 3.06. The Morgan fingerprint density at radius 3 is 2.67 bits per heavy atom. The predicted octanol–water partition coefficient (Wildman–Crippen LogP) is 2.53. The molecule has 0 saturated carbocycles. The Morgan fingerprint density at radius 2 is 2.05 bits per heavy atom. The molecule has 3 rings (SSSR count). The molecule has 0 unspecified atom stereocenters. The molecule has 0 aliphatic carbocycles. The second-order valence-corrected chi connectivity index (χ2v) is 5.64. The zero-order chi connectivity index (χ0) is 14.8. The van der Waals surface area contributed by atoms with Crippen molar-refractivity contribution in [2.45, 2.75) is 32.8 Å². The number of methoxy groups -OCH3 is 1. The lowest BCUT2D eigenvalue weighted by Gasteiger charge is -2.07. The van der Waals surface area contributed by atoms with Crippen LogP contribution in [0.5, 0.6) is 0 Å². The van der Waals surface area contributed by atoms with E-state index in [-0.39, 0.29) is 0 Å². The number of hydrogen-bond donors (Lipinski definition) is 0. The largest absolute Gasteiger partial charge is 0.381 e. The van der Waals surface area contributed by atoms with E-state index in [1.165, 1.54) is 11.1 Å². The highest BCUT2D eigenvalue weighted by atomic mass is 16.5. The van der Waals surface area contributed by atoms with Gasteiger partial charge in [0.15, 0.2) is 11.6 Å². The Morgan fingerprint density at radius 1 is 1.29 bits per heavy atom. The summed E-state index contributed by atoms with van der Waals surface area (Å²) in [4.78, 5) is 4.66. The summed E-state index contributed by atoms with van der Waals surface area (Å²) < 4.78 is 12.6. The SMILES string of the molecule is COCc1nc([C@H]2CCOC2)nn1-c1cc(C)cc(C)c1. The minimum Gasteiger partial charge on any atom is -0.381 e. The van der Waals surface area contributed by atoms with Crippen molar-refractivity contribution in [3.8, 4) is 5.69 Å². The van der Waals surface area contributed by atoms with Crippen LogP contribution in [0.15, 0.2) is 18.2 Å². The molecule has 112 valence electrons. The Labute approximate surface area is 124 Å². The third-order valence-electron chi connectivity index (χ3n) is 3.71. The van der Waals surface area contributed by atoms with Crippen LogP contribution in [-0.4, -0.2) is 35.1 Å². The fourth-order valence-corrected chi connectivity index (χ4v) is 2.78. The van der Waals surface area contributed by atoms with Gasteiger partial charge in [-0.3, -0.25) is 0 Å². The Bertz CT molecular complexity index is 610. The third-order valence-corrected chi connectivity index (χ3v) is 3.71. The second-order valence-electron chi connectivity index (χ2n) is 5.64. The van der Waals surface area contributed by atoms with Crippen LogP contribution in [-0.2, 0) is 16.1 Å². The predicted molar refractivity (Wildman–Crippen MR) is 79.7 cm³/mol. The van der Waals surface area contributed by atoms with Crippen molar-refractivity contribution in [2.75, 3.05) is 20.3 Å². The molecule has 1 aliphatic rings. The summed E-state index contributed by atoms with van der Waals surface area (Å²) >= 11 is 0. The molecule has 0 N–H and O–H groups in total.